The number of amides is 1. The molecule has 1 aliphatic heterocycles. The summed E-state index contributed by atoms with van der Waals surface area (Å²) in [4.78, 5) is 12.8. The van der Waals surface area contributed by atoms with E-state index in [1.807, 2.05) is 29.0 Å². The molecule has 11 heteroatoms. The third kappa shape index (κ3) is 5.96. The van der Waals surface area contributed by atoms with Gasteiger partial charge >= 0.3 is 6.18 Å². The van der Waals surface area contributed by atoms with E-state index in [4.69, 9.17) is 11.6 Å². The summed E-state index contributed by atoms with van der Waals surface area (Å²) in [6, 6.07) is 8.59. The Morgan fingerprint density at radius 3 is 2.33 bits per heavy atom. The lowest BCUT2D eigenvalue weighted by molar-refractivity contribution is -0.126. The molecule has 1 atom stereocenters. The molecule has 1 unspecified atom stereocenters. The number of halogens is 4. The van der Waals surface area contributed by atoms with Crippen molar-refractivity contribution in [1.29, 1.82) is 0 Å². The summed E-state index contributed by atoms with van der Waals surface area (Å²) in [6.07, 6.45) is -4.46. The number of piperidine rings is 1. The smallest absolute Gasteiger partial charge is 0.345 e. The highest BCUT2D eigenvalue weighted by molar-refractivity contribution is 7.89. The normalized spacial score (nSPS) is 17.6. The van der Waals surface area contributed by atoms with Crippen LogP contribution < -0.4 is 5.32 Å². The molecule has 1 aliphatic rings. The van der Waals surface area contributed by atoms with Crippen LogP contribution in [0.2, 0.25) is 5.02 Å². The molecule has 30 heavy (non-hydrogen) atoms. The molecule has 1 saturated heterocycles. The number of nitrogens with one attached hydrogen (secondary N) is 1. The number of hydrogen-bond donors (Lipinski definition) is 1. The molecule has 5 nitrogen and oxygen atoms in total. The highest BCUT2D eigenvalue weighted by Gasteiger charge is 2.40. The van der Waals surface area contributed by atoms with Crippen LogP contribution in [0.4, 0.5) is 13.2 Å². The third-order valence-corrected chi connectivity index (χ3v) is 7.73. The number of benzene rings is 1. The second-order valence-electron chi connectivity index (χ2n) is 7.09. The molecule has 3 rings (SSSR count). The van der Waals surface area contributed by atoms with Crippen LogP contribution in [-0.2, 0) is 14.8 Å². The number of hydrogen-bond acceptors (Lipinski definition) is 4. The van der Waals surface area contributed by atoms with E-state index in [1.54, 1.807) is 12.1 Å². The lowest BCUT2D eigenvalue weighted by Gasteiger charge is -2.31. The Morgan fingerprint density at radius 1 is 1.17 bits per heavy atom. The Balaban J connectivity index is 1.66. The van der Waals surface area contributed by atoms with E-state index in [9.17, 15) is 26.4 Å². The Kier molecular flexibility index (Phi) is 7.11. The van der Waals surface area contributed by atoms with Crippen LogP contribution in [0.1, 0.15) is 30.0 Å². The minimum absolute atomic E-state index is 0.111. The van der Waals surface area contributed by atoms with Crippen LogP contribution in [0.15, 0.2) is 41.1 Å². The number of carbonyl (C=O) groups is 1. The number of sulfonamides is 1. The summed E-state index contributed by atoms with van der Waals surface area (Å²) >= 11 is 7.44. The van der Waals surface area contributed by atoms with Gasteiger partial charge in [0.2, 0.25) is 15.9 Å². The van der Waals surface area contributed by atoms with Crippen molar-refractivity contribution in [2.75, 3.05) is 18.8 Å². The first-order valence-electron chi connectivity index (χ1n) is 9.18. The summed E-state index contributed by atoms with van der Waals surface area (Å²) in [6.45, 7) is -0.221. The molecule has 1 aromatic heterocycles. The molecule has 0 saturated carbocycles. The van der Waals surface area contributed by atoms with Gasteiger partial charge in [0.15, 0.2) is 5.75 Å². The Labute approximate surface area is 181 Å². The molecule has 2 aromatic rings. The van der Waals surface area contributed by atoms with Gasteiger partial charge in [-0.2, -0.15) is 24.5 Å². The zero-order valence-corrected chi connectivity index (χ0v) is 18.1. The molecule has 0 bridgehead atoms. The highest BCUT2D eigenvalue weighted by atomic mass is 35.5. The van der Waals surface area contributed by atoms with Crippen molar-refractivity contribution in [3.8, 4) is 0 Å². The van der Waals surface area contributed by atoms with Gasteiger partial charge in [-0.3, -0.25) is 4.79 Å². The number of alkyl halides is 3. The molecule has 1 amide bonds. The van der Waals surface area contributed by atoms with Gasteiger partial charge in [0.05, 0.1) is 6.04 Å². The highest BCUT2D eigenvalue weighted by Crippen LogP contribution is 2.28. The molecule has 2 heterocycles. The maximum Gasteiger partial charge on any atom is 0.404 e. The maximum atomic E-state index is 12.8. The SMILES string of the molecule is O=C(NC(c1ccc(Cl)cc1)c1ccsc1)C1CCN(S(=O)(=O)CC(F)(F)F)CC1. The number of rotatable bonds is 6. The second-order valence-corrected chi connectivity index (χ2v) is 10.3. The number of thiophene rings is 1. The lowest BCUT2D eigenvalue weighted by atomic mass is 9.95. The summed E-state index contributed by atoms with van der Waals surface area (Å²) in [5, 5.41) is 7.38. The average molecular weight is 481 g/mol. The van der Waals surface area contributed by atoms with E-state index >= 15 is 0 Å². The molecule has 0 spiro atoms. The van der Waals surface area contributed by atoms with Crippen LogP contribution in [-0.4, -0.2) is 43.6 Å². The van der Waals surface area contributed by atoms with Crippen molar-refractivity contribution < 1.29 is 26.4 Å². The third-order valence-electron chi connectivity index (χ3n) is 4.93. The molecule has 1 N–H and O–H groups in total. The van der Waals surface area contributed by atoms with E-state index in [-0.39, 0.29) is 31.8 Å². The molecular formula is C19H20ClF3N2O3S2. The summed E-state index contributed by atoms with van der Waals surface area (Å²) < 4.78 is 62.2. The second kappa shape index (κ2) is 9.25. The van der Waals surface area contributed by atoms with Crippen LogP contribution in [0.3, 0.4) is 0 Å². The number of carbonyl (C=O) groups excluding carboxylic acids is 1. The zero-order chi connectivity index (χ0) is 21.9. The van der Waals surface area contributed by atoms with Crippen LogP contribution in [0, 0.1) is 5.92 Å². The fourth-order valence-corrected chi connectivity index (χ4v) is 5.58. The summed E-state index contributed by atoms with van der Waals surface area (Å²) in [5.74, 6) is -2.61. The molecule has 0 aliphatic carbocycles. The van der Waals surface area contributed by atoms with Crippen molar-refractivity contribution in [2.24, 2.45) is 5.92 Å². The Morgan fingerprint density at radius 2 is 1.80 bits per heavy atom. The quantitative estimate of drug-likeness (QED) is 0.673. The summed E-state index contributed by atoms with van der Waals surface area (Å²) in [5.41, 5.74) is 1.75. The fraction of sp³-hybridized carbons (Fsp3) is 0.421. The van der Waals surface area contributed by atoms with Crippen molar-refractivity contribution in [3.05, 3.63) is 57.2 Å². The first-order chi connectivity index (χ1) is 14.0. The lowest BCUT2D eigenvalue weighted by Crippen LogP contribution is -2.46. The van der Waals surface area contributed by atoms with Crippen LogP contribution in [0.5, 0.6) is 0 Å². The van der Waals surface area contributed by atoms with E-state index in [1.165, 1.54) is 11.3 Å². The molecular weight excluding hydrogens is 461 g/mol. The van der Waals surface area contributed by atoms with Gasteiger partial charge in [-0.1, -0.05) is 23.7 Å². The van der Waals surface area contributed by atoms with Crippen LogP contribution in [0.25, 0.3) is 0 Å². The minimum Gasteiger partial charge on any atom is -0.345 e. The van der Waals surface area contributed by atoms with E-state index < -0.39 is 33.9 Å². The zero-order valence-electron chi connectivity index (χ0n) is 15.7. The van der Waals surface area contributed by atoms with Crippen molar-refractivity contribution in [3.63, 3.8) is 0 Å². The van der Waals surface area contributed by atoms with Gasteiger partial charge in [0.1, 0.15) is 0 Å². The van der Waals surface area contributed by atoms with Gasteiger partial charge in [0, 0.05) is 24.0 Å². The predicted molar refractivity (Wildman–Crippen MR) is 110 cm³/mol. The first-order valence-corrected chi connectivity index (χ1v) is 12.1. The first kappa shape index (κ1) is 23.1. The van der Waals surface area contributed by atoms with Crippen LogP contribution >= 0.6 is 22.9 Å². The molecule has 1 aromatic carbocycles. The summed E-state index contributed by atoms with van der Waals surface area (Å²) in [7, 11) is -4.43. The standard InChI is InChI=1S/C19H20ClF3N2O3S2/c20-16-3-1-13(2-4-16)17(15-7-10-29-11-15)24-18(26)14-5-8-25(9-6-14)30(27,28)12-19(21,22)23/h1-4,7,10-11,14,17H,5-6,8-9,12H2,(H,24,26). The number of nitrogens with zero attached hydrogens (tertiary/aromatic N) is 1. The maximum absolute atomic E-state index is 12.8. The topological polar surface area (TPSA) is 66.5 Å². The molecule has 1 fully saturated rings. The van der Waals surface area contributed by atoms with Gasteiger partial charge in [0.25, 0.3) is 0 Å². The monoisotopic (exact) mass is 480 g/mol. The molecule has 0 radical (unpaired) electrons. The largest absolute Gasteiger partial charge is 0.404 e. The van der Waals surface area contributed by atoms with Gasteiger partial charge < -0.3 is 5.32 Å². The fourth-order valence-electron chi connectivity index (χ4n) is 3.41. The Hall–Kier alpha value is -1.62. The Bertz CT molecular complexity index is 956. The van der Waals surface area contributed by atoms with Gasteiger partial charge in [-0.25, -0.2) is 12.7 Å². The van der Waals surface area contributed by atoms with Gasteiger partial charge in [-0.15, -0.1) is 0 Å². The minimum atomic E-state index is -4.79. The van der Waals surface area contributed by atoms with E-state index in [0.29, 0.717) is 5.02 Å². The predicted octanol–water partition coefficient (Wildman–Crippen LogP) is 4.21. The van der Waals surface area contributed by atoms with Crippen molar-refractivity contribution in [1.82, 2.24) is 9.62 Å². The van der Waals surface area contributed by atoms with E-state index in [2.05, 4.69) is 5.32 Å². The van der Waals surface area contributed by atoms with Crippen molar-refractivity contribution >= 4 is 38.9 Å². The van der Waals surface area contributed by atoms with Gasteiger partial charge in [-0.05, 0) is 52.9 Å². The average Bonchev–Trinajstić information content (AvgIpc) is 3.19. The molecule has 164 valence electrons. The van der Waals surface area contributed by atoms with Crippen molar-refractivity contribution in [2.45, 2.75) is 25.1 Å². The van der Waals surface area contributed by atoms with E-state index in [0.717, 1.165) is 15.4 Å².